The number of benzene rings is 2. The zero-order valence-electron chi connectivity index (χ0n) is 13.9. The Bertz CT molecular complexity index is 968. The Hall–Kier alpha value is -2.67. The molecule has 0 aliphatic carbocycles. The molecule has 0 fully saturated rings. The molecule has 0 unspecified atom stereocenters. The third-order valence-electron chi connectivity index (χ3n) is 4.25. The van der Waals surface area contributed by atoms with Crippen molar-refractivity contribution in [3.63, 3.8) is 0 Å². The Morgan fingerprint density at radius 1 is 1.08 bits per heavy atom. The summed E-state index contributed by atoms with van der Waals surface area (Å²) in [6, 6.07) is 12.2. The molecule has 1 aromatic heterocycles. The first kappa shape index (κ1) is 16.8. The van der Waals surface area contributed by atoms with Gasteiger partial charge in [0.15, 0.2) is 0 Å². The van der Waals surface area contributed by atoms with Crippen molar-refractivity contribution in [2.24, 2.45) is 0 Å². The van der Waals surface area contributed by atoms with Crippen LogP contribution >= 0.6 is 11.8 Å². The number of hydrogen-bond acceptors (Lipinski definition) is 3. The second-order valence-corrected chi connectivity index (χ2v) is 7.12. The molecule has 1 amide bonds. The van der Waals surface area contributed by atoms with Crippen molar-refractivity contribution in [3.8, 4) is 5.69 Å². The van der Waals surface area contributed by atoms with E-state index in [-0.39, 0.29) is 28.5 Å². The summed E-state index contributed by atoms with van der Waals surface area (Å²) < 4.78 is 28.2. The lowest BCUT2D eigenvalue weighted by molar-refractivity contribution is -0.113. The summed E-state index contributed by atoms with van der Waals surface area (Å²) in [5, 5.41) is 7.31. The number of nitrogens with one attached hydrogen (secondary N) is 1. The molecule has 2 aromatic carbocycles. The first-order chi connectivity index (χ1) is 12.5. The monoisotopic (exact) mass is 371 g/mol. The molecule has 7 heteroatoms. The van der Waals surface area contributed by atoms with Crippen LogP contribution in [0.2, 0.25) is 0 Å². The number of aromatic nitrogens is 2. The van der Waals surface area contributed by atoms with E-state index in [9.17, 15) is 13.6 Å². The van der Waals surface area contributed by atoms with Gasteiger partial charge in [0.1, 0.15) is 17.5 Å². The number of halogens is 2. The second kappa shape index (κ2) is 6.57. The third-order valence-corrected chi connectivity index (χ3v) is 5.52. The Balaban J connectivity index is 1.87. The first-order valence-corrected chi connectivity index (χ1v) is 9.10. The Labute approximate surface area is 153 Å². The van der Waals surface area contributed by atoms with E-state index in [1.807, 2.05) is 6.92 Å². The van der Waals surface area contributed by atoms with E-state index in [0.717, 1.165) is 16.8 Å². The zero-order valence-corrected chi connectivity index (χ0v) is 14.7. The van der Waals surface area contributed by atoms with Crippen LogP contribution in [-0.4, -0.2) is 21.4 Å². The summed E-state index contributed by atoms with van der Waals surface area (Å²) in [5.74, 6) is 0.0649. The molecule has 1 atom stereocenters. The van der Waals surface area contributed by atoms with Crippen LogP contribution < -0.4 is 5.32 Å². The molecule has 2 heterocycles. The molecule has 0 bridgehead atoms. The average molecular weight is 371 g/mol. The van der Waals surface area contributed by atoms with Crippen LogP contribution in [0.1, 0.15) is 22.1 Å². The number of fused-ring (bicyclic) bond motifs is 1. The van der Waals surface area contributed by atoms with Crippen LogP contribution in [-0.2, 0) is 4.79 Å². The van der Waals surface area contributed by atoms with Gasteiger partial charge >= 0.3 is 0 Å². The molecule has 0 spiro atoms. The molecule has 4 nitrogen and oxygen atoms in total. The maximum Gasteiger partial charge on any atom is 0.235 e. The predicted molar refractivity (Wildman–Crippen MR) is 97.6 cm³/mol. The van der Waals surface area contributed by atoms with Crippen molar-refractivity contribution >= 4 is 23.5 Å². The van der Waals surface area contributed by atoms with Crippen LogP contribution in [0.4, 0.5) is 14.6 Å². The number of nitrogens with zero attached hydrogens (tertiary/aromatic N) is 2. The number of anilines is 1. The van der Waals surface area contributed by atoms with E-state index >= 15 is 0 Å². The SMILES string of the molecule is Cc1nn(-c2ccc(F)cc2)c2c1[C@H](c1ccc(F)cc1)SCC(=O)N2. The molecule has 132 valence electrons. The number of carbonyl (C=O) groups is 1. The van der Waals surface area contributed by atoms with Crippen molar-refractivity contribution < 1.29 is 13.6 Å². The van der Waals surface area contributed by atoms with Crippen LogP contribution in [0, 0.1) is 18.6 Å². The molecule has 0 saturated carbocycles. The van der Waals surface area contributed by atoms with Gasteiger partial charge in [0, 0.05) is 5.56 Å². The summed E-state index contributed by atoms with van der Waals surface area (Å²) in [7, 11) is 0. The number of rotatable bonds is 2. The van der Waals surface area contributed by atoms with Gasteiger partial charge in [-0.1, -0.05) is 12.1 Å². The van der Waals surface area contributed by atoms with E-state index in [1.165, 1.54) is 36.0 Å². The van der Waals surface area contributed by atoms with E-state index in [4.69, 9.17) is 0 Å². The lowest BCUT2D eigenvalue weighted by atomic mass is 10.0. The molecule has 0 radical (unpaired) electrons. The number of amides is 1. The summed E-state index contributed by atoms with van der Waals surface area (Å²) in [6.07, 6.45) is 0. The highest BCUT2D eigenvalue weighted by Gasteiger charge is 2.30. The molecular formula is C19H15F2N3OS. The quantitative estimate of drug-likeness (QED) is 0.733. The fourth-order valence-electron chi connectivity index (χ4n) is 3.05. The Morgan fingerprint density at radius 3 is 2.35 bits per heavy atom. The standard InChI is InChI=1S/C19H15F2N3OS/c1-11-17-18(12-2-4-13(20)5-3-12)26-10-16(25)22-19(17)24(23-11)15-8-6-14(21)7-9-15/h2-9,18H,10H2,1H3,(H,22,25)/t18-/m0/s1. The van der Waals surface area contributed by atoms with Gasteiger partial charge in [-0.05, 0) is 48.9 Å². The second-order valence-electron chi connectivity index (χ2n) is 6.03. The normalized spacial score (nSPS) is 16.7. The van der Waals surface area contributed by atoms with Crippen molar-refractivity contribution in [2.75, 3.05) is 11.1 Å². The van der Waals surface area contributed by atoms with Crippen molar-refractivity contribution in [3.05, 3.63) is 77.0 Å². The average Bonchev–Trinajstić information content (AvgIpc) is 2.83. The first-order valence-electron chi connectivity index (χ1n) is 8.05. The van der Waals surface area contributed by atoms with Crippen molar-refractivity contribution in [1.29, 1.82) is 0 Å². The van der Waals surface area contributed by atoms with E-state index in [0.29, 0.717) is 11.5 Å². The molecule has 1 aliphatic rings. The van der Waals surface area contributed by atoms with Crippen LogP contribution in [0.3, 0.4) is 0 Å². The minimum absolute atomic E-state index is 0.135. The van der Waals surface area contributed by atoms with Crippen molar-refractivity contribution in [2.45, 2.75) is 12.2 Å². The van der Waals surface area contributed by atoms with Gasteiger partial charge in [0.25, 0.3) is 0 Å². The minimum Gasteiger partial charge on any atom is -0.310 e. The Morgan fingerprint density at radius 2 is 1.69 bits per heavy atom. The van der Waals surface area contributed by atoms with Gasteiger partial charge in [-0.2, -0.15) is 5.10 Å². The van der Waals surface area contributed by atoms with E-state index in [2.05, 4.69) is 10.4 Å². The van der Waals surface area contributed by atoms with E-state index < -0.39 is 0 Å². The summed E-state index contributed by atoms with van der Waals surface area (Å²) in [4.78, 5) is 12.2. The largest absolute Gasteiger partial charge is 0.310 e. The van der Waals surface area contributed by atoms with Gasteiger partial charge < -0.3 is 5.32 Å². The molecule has 1 N–H and O–H groups in total. The van der Waals surface area contributed by atoms with Crippen LogP contribution in [0.15, 0.2) is 48.5 Å². The highest BCUT2D eigenvalue weighted by molar-refractivity contribution is 8.00. The number of thioether (sulfide) groups is 1. The van der Waals surface area contributed by atoms with Gasteiger partial charge in [-0.3, -0.25) is 4.79 Å². The molecule has 0 saturated heterocycles. The topological polar surface area (TPSA) is 46.9 Å². The van der Waals surface area contributed by atoms with Crippen molar-refractivity contribution in [1.82, 2.24) is 9.78 Å². The predicted octanol–water partition coefficient (Wildman–Crippen LogP) is 4.23. The zero-order chi connectivity index (χ0) is 18.3. The maximum absolute atomic E-state index is 13.3. The lowest BCUT2D eigenvalue weighted by Gasteiger charge is -2.15. The van der Waals surface area contributed by atoms with E-state index in [1.54, 1.807) is 28.9 Å². The fourth-order valence-corrected chi connectivity index (χ4v) is 4.24. The highest BCUT2D eigenvalue weighted by Crippen LogP contribution is 2.43. The molecule has 4 rings (SSSR count). The fraction of sp³-hybridized carbons (Fsp3) is 0.158. The number of carbonyl (C=O) groups excluding carboxylic acids is 1. The Kier molecular flexibility index (Phi) is 4.24. The van der Waals surface area contributed by atoms with Crippen LogP contribution in [0.5, 0.6) is 0 Å². The third kappa shape index (κ3) is 2.99. The van der Waals surface area contributed by atoms with Gasteiger partial charge in [-0.25, -0.2) is 13.5 Å². The minimum atomic E-state index is -0.340. The van der Waals surface area contributed by atoms with Gasteiger partial charge in [0.05, 0.1) is 22.4 Å². The number of aryl methyl sites for hydroxylation is 1. The molecular weight excluding hydrogens is 356 g/mol. The van der Waals surface area contributed by atoms with Crippen LogP contribution in [0.25, 0.3) is 5.69 Å². The molecule has 1 aliphatic heterocycles. The maximum atomic E-state index is 13.3. The highest BCUT2D eigenvalue weighted by atomic mass is 32.2. The smallest absolute Gasteiger partial charge is 0.235 e. The van der Waals surface area contributed by atoms with Gasteiger partial charge in [-0.15, -0.1) is 11.8 Å². The lowest BCUT2D eigenvalue weighted by Crippen LogP contribution is -2.15. The molecule has 26 heavy (non-hydrogen) atoms. The summed E-state index contributed by atoms with van der Waals surface area (Å²) >= 11 is 1.47. The molecule has 3 aromatic rings. The number of hydrogen-bond donors (Lipinski definition) is 1. The summed E-state index contributed by atoms with van der Waals surface area (Å²) in [6.45, 7) is 1.87. The summed E-state index contributed by atoms with van der Waals surface area (Å²) in [5.41, 5.74) is 3.18. The van der Waals surface area contributed by atoms with Gasteiger partial charge in [0.2, 0.25) is 5.91 Å².